The zero-order valence-corrected chi connectivity index (χ0v) is 10.7. The predicted molar refractivity (Wildman–Crippen MR) is 66.4 cm³/mol. The number of nitrogens with zero attached hydrogens (tertiary/aromatic N) is 2. The topological polar surface area (TPSA) is 37.8 Å². The number of thiophene rings is 1. The molecule has 78 valence electrons. The number of hydrogen-bond donors (Lipinski definition) is 1. The lowest BCUT2D eigenvalue weighted by atomic mass is 10.4. The van der Waals surface area contributed by atoms with Gasteiger partial charge in [-0.25, -0.2) is 9.97 Å². The molecule has 0 radical (unpaired) electrons. The van der Waals surface area contributed by atoms with Gasteiger partial charge in [-0.2, -0.15) is 0 Å². The third-order valence-electron chi connectivity index (χ3n) is 1.76. The van der Waals surface area contributed by atoms with Crippen molar-refractivity contribution in [2.24, 2.45) is 0 Å². The predicted octanol–water partition coefficient (Wildman–Crippen LogP) is 3.57. The summed E-state index contributed by atoms with van der Waals surface area (Å²) in [6, 6.07) is 2.01. The lowest BCUT2D eigenvalue weighted by molar-refractivity contribution is 1.10. The summed E-state index contributed by atoms with van der Waals surface area (Å²) in [7, 11) is 0. The van der Waals surface area contributed by atoms with E-state index in [1.165, 1.54) is 4.88 Å². The van der Waals surface area contributed by atoms with E-state index >= 15 is 0 Å². The summed E-state index contributed by atoms with van der Waals surface area (Å²) in [5.74, 6) is 0.611. The summed E-state index contributed by atoms with van der Waals surface area (Å²) >= 11 is 11.0. The molecule has 0 aliphatic rings. The zero-order chi connectivity index (χ0) is 10.7. The van der Waals surface area contributed by atoms with Crippen molar-refractivity contribution in [3.63, 3.8) is 0 Å². The van der Waals surface area contributed by atoms with Gasteiger partial charge in [0, 0.05) is 21.7 Å². The molecule has 0 unspecified atom stereocenters. The first kappa shape index (κ1) is 10.9. The normalized spacial score (nSPS) is 10.3. The third kappa shape index (κ3) is 2.68. The first-order chi connectivity index (χ1) is 7.27. The zero-order valence-electron chi connectivity index (χ0n) is 7.58. The Kier molecular flexibility index (Phi) is 3.56. The van der Waals surface area contributed by atoms with Crippen LogP contribution in [0.2, 0.25) is 5.15 Å². The number of aromatic nitrogens is 2. The smallest absolute Gasteiger partial charge is 0.171 e. The molecule has 0 bridgehead atoms. The molecule has 15 heavy (non-hydrogen) atoms. The maximum Gasteiger partial charge on any atom is 0.171 e. The summed E-state index contributed by atoms with van der Waals surface area (Å²) in [5.41, 5.74) is 0. The second-order valence-corrected chi connectivity index (χ2v) is 4.95. The van der Waals surface area contributed by atoms with E-state index in [9.17, 15) is 0 Å². The summed E-state index contributed by atoms with van der Waals surface area (Å²) in [4.78, 5) is 9.23. The number of rotatable bonds is 3. The second-order valence-electron chi connectivity index (χ2n) is 2.74. The average Bonchev–Trinajstić information content (AvgIpc) is 2.63. The van der Waals surface area contributed by atoms with Gasteiger partial charge in [0.15, 0.2) is 11.0 Å². The largest absolute Gasteiger partial charge is 0.363 e. The maximum absolute atomic E-state index is 5.86. The monoisotopic (exact) mass is 303 g/mol. The van der Waals surface area contributed by atoms with Gasteiger partial charge in [-0.15, -0.1) is 11.3 Å². The number of hydrogen-bond acceptors (Lipinski definition) is 4. The minimum Gasteiger partial charge on any atom is -0.363 e. The highest BCUT2D eigenvalue weighted by atomic mass is 79.9. The molecule has 0 aromatic carbocycles. The highest BCUT2D eigenvalue weighted by Crippen LogP contribution is 2.24. The van der Waals surface area contributed by atoms with Crippen molar-refractivity contribution in [1.82, 2.24) is 9.97 Å². The van der Waals surface area contributed by atoms with Crippen LogP contribution in [0.5, 0.6) is 0 Å². The maximum atomic E-state index is 5.86. The molecule has 0 spiro atoms. The van der Waals surface area contributed by atoms with Crippen molar-refractivity contribution in [2.45, 2.75) is 6.54 Å². The highest BCUT2D eigenvalue weighted by Gasteiger charge is 2.04. The van der Waals surface area contributed by atoms with E-state index in [1.54, 1.807) is 23.7 Å². The van der Waals surface area contributed by atoms with Gasteiger partial charge in [0.05, 0.1) is 6.54 Å². The van der Waals surface area contributed by atoms with E-state index < -0.39 is 0 Å². The second kappa shape index (κ2) is 4.92. The third-order valence-corrected chi connectivity index (χ3v) is 3.96. The van der Waals surface area contributed by atoms with Gasteiger partial charge < -0.3 is 5.32 Å². The minimum absolute atomic E-state index is 0.394. The van der Waals surface area contributed by atoms with Gasteiger partial charge >= 0.3 is 0 Å². The summed E-state index contributed by atoms with van der Waals surface area (Å²) in [5, 5.41) is 5.55. The molecule has 2 aromatic rings. The average molecular weight is 305 g/mol. The Balaban J connectivity index is 2.06. The molecule has 0 amide bonds. The molecule has 0 aliphatic carbocycles. The standard InChI is InChI=1S/C9H7BrClN3S/c10-6-1-4-15-7(6)5-14-9-8(11)12-2-3-13-9/h1-4H,5H2,(H,13,14). The molecule has 6 heteroatoms. The molecule has 3 nitrogen and oxygen atoms in total. The van der Waals surface area contributed by atoms with Crippen LogP contribution in [0.15, 0.2) is 28.3 Å². The molecular weight excluding hydrogens is 298 g/mol. The molecule has 2 rings (SSSR count). The Morgan fingerprint density at radius 1 is 1.40 bits per heavy atom. The molecule has 0 saturated heterocycles. The van der Waals surface area contributed by atoms with Crippen molar-refractivity contribution in [3.8, 4) is 0 Å². The fourth-order valence-electron chi connectivity index (χ4n) is 1.05. The van der Waals surface area contributed by atoms with Gasteiger partial charge in [-0.05, 0) is 27.4 Å². The van der Waals surface area contributed by atoms with E-state index in [2.05, 4.69) is 31.2 Å². The van der Waals surface area contributed by atoms with Crippen molar-refractivity contribution in [3.05, 3.63) is 38.3 Å². The Bertz CT molecular complexity index is 460. The van der Waals surface area contributed by atoms with Crippen LogP contribution in [0, 0.1) is 0 Å². The van der Waals surface area contributed by atoms with Crippen molar-refractivity contribution < 1.29 is 0 Å². The molecule has 0 aliphatic heterocycles. The van der Waals surface area contributed by atoms with Crippen LogP contribution in [0.3, 0.4) is 0 Å². The van der Waals surface area contributed by atoms with Crippen LogP contribution < -0.4 is 5.32 Å². The molecule has 1 N–H and O–H groups in total. The number of halogens is 2. The van der Waals surface area contributed by atoms with E-state index in [0.717, 1.165) is 4.47 Å². The van der Waals surface area contributed by atoms with Gasteiger partial charge in [0.25, 0.3) is 0 Å². The van der Waals surface area contributed by atoms with Crippen molar-refractivity contribution in [1.29, 1.82) is 0 Å². The van der Waals surface area contributed by atoms with Gasteiger partial charge in [-0.1, -0.05) is 11.6 Å². The summed E-state index contributed by atoms with van der Waals surface area (Å²) in [6.07, 6.45) is 3.17. The Hall–Kier alpha value is -0.650. The SMILES string of the molecule is Clc1nccnc1NCc1sccc1Br. The van der Waals surface area contributed by atoms with Crippen molar-refractivity contribution in [2.75, 3.05) is 5.32 Å². The molecule has 0 fully saturated rings. The van der Waals surface area contributed by atoms with Gasteiger partial charge in [-0.3, -0.25) is 0 Å². The van der Waals surface area contributed by atoms with Crippen LogP contribution in [0.1, 0.15) is 4.88 Å². The first-order valence-electron chi connectivity index (χ1n) is 4.19. The lowest BCUT2D eigenvalue weighted by Gasteiger charge is -2.04. The highest BCUT2D eigenvalue weighted by molar-refractivity contribution is 9.10. The Morgan fingerprint density at radius 2 is 2.20 bits per heavy atom. The molecule has 2 aromatic heterocycles. The van der Waals surface area contributed by atoms with Gasteiger partial charge in [0.2, 0.25) is 0 Å². The fraction of sp³-hybridized carbons (Fsp3) is 0.111. The van der Waals surface area contributed by atoms with E-state index in [0.29, 0.717) is 17.5 Å². The molecule has 0 saturated carbocycles. The van der Waals surface area contributed by atoms with E-state index in [-0.39, 0.29) is 0 Å². The van der Waals surface area contributed by atoms with Crippen molar-refractivity contribution >= 4 is 44.7 Å². The van der Waals surface area contributed by atoms with E-state index in [4.69, 9.17) is 11.6 Å². The van der Waals surface area contributed by atoms with E-state index in [1.807, 2.05) is 11.4 Å². The number of nitrogens with one attached hydrogen (secondary N) is 1. The van der Waals surface area contributed by atoms with Gasteiger partial charge in [0.1, 0.15) is 0 Å². The molecule has 0 atom stereocenters. The Morgan fingerprint density at radius 3 is 2.87 bits per heavy atom. The molecule has 2 heterocycles. The summed E-state index contributed by atoms with van der Waals surface area (Å²) < 4.78 is 1.10. The fourth-order valence-corrected chi connectivity index (χ4v) is 2.66. The number of anilines is 1. The lowest BCUT2D eigenvalue weighted by Crippen LogP contribution is -2.01. The molecular formula is C9H7BrClN3S. The Labute approximate surface area is 105 Å². The summed E-state index contributed by atoms with van der Waals surface area (Å²) in [6.45, 7) is 0.691. The first-order valence-corrected chi connectivity index (χ1v) is 6.24. The quantitative estimate of drug-likeness (QED) is 0.942. The van der Waals surface area contributed by atoms with Crippen LogP contribution in [-0.4, -0.2) is 9.97 Å². The van der Waals surface area contributed by atoms with Crippen LogP contribution in [-0.2, 0) is 6.54 Å². The van der Waals surface area contributed by atoms with Crippen LogP contribution in [0.4, 0.5) is 5.82 Å². The van der Waals surface area contributed by atoms with Crippen LogP contribution in [0.25, 0.3) is 0 Å². The minimum atomic E-state index is 0.394. The van der Waals surface area contributed by atoms with Crippen LogP contribution >= 0.6 is 38.9 Å².